The Balaban J connectivity index is 2.43. The molecule has 2 heterocycles. The minimum absolute atomic E-state index is 0.177. The first kappa shape index (κ1) is 16.2. The van der Waals surface area contributed by atoms with Gasteiger partial charge in [-0.05, 0) is 30.5 Å². The molecule has 0 atom stereocenters. The Morgan fingerprint density at radius 1 is 1.36 bits per heavy atom. The molecule has 0 radical (unpaired) electrons. The second-order valence-corrected chi connectivity index (χ2v) is 5.01. The number of thiophene rings is 1. The molecule has 0 aromatic carbocycles. The summed E-state index contributed by atoms with van der Waals surface area (Å²) in [6.07, 6.45) is -1.95. The van der Waals surface area contributed by atoms with Gasteiger partial charge in [-0.3, -0.25) is 0 Å². The number of hydrogen-bond donors (Lipinski definition) is 0. The average Bonchev–Trinajstić information content (AvgIpc) is 2.98. The molecule has 0 spiro atoms. The Kier molecular flexibility index (Phi) is 4.97. The van der Waals surface area contributed by atoms with Gasteiger partial charge in [0.2, 0.25) is 0 Å². The average molecular weight is 327 g/mol. The maximum atomic E-state index is 12.8. The van der Waals surface area contributed by atoms with Gasteiger partial charge in [-0.2, -0.15) is 24.5 Å². The van der Waals surface area contributed by atoms with Crippen molar-refractivity contribution in [1.29, 1.82) is 0 Å². The molecular weight excluding hydrogens is 315 g/mol. The molecule has 2 aromatic heterocycles. The van der Waals surface area contributed by atoms with E-state index in [-0.39, 0.29) is 12.3 Å². The van der Waals surface area contributed by atoms with Crippen molar-refractivity contribution in [1.82, 2.24) is 4.98 Å². The smallest absolute Gasteiger partial charge is 0.433 e. The molecule has 0 N–H and O–H groups in total. The number of hydrogen-bond acceptors (Lipinski definition) is 4. The standard InChI is InChI=1S/C15H12F3NO2S/c1-2-21-13(20)6-4-10-3-5-12(15(16,17)18)19-14(10)11-7-8-22-9-11/h3-9H,2H2,1H3. The van der Waals surface area contributed by atoms with Gasteiger partial charge < -0.3 is 4.74 Å². The minimum atomic E-state index is -4.52. The van der Waals surface area contributed by atoms with E-state index in [0.29, 0.717) is 11.1 Å². The molecule has 0 aliphatic rings. The van der Waals surface area contributed by atoms with Gasteiger partial charge in [0.1, 0.15) is 5.69 Å². The molecule has 3 nitrogen and oxygen atoms in total. The lowest BCUT2D eigenvalue weighted by Gasteiger charge is -2.10. The third kappa shape index (κ3) is 3.94. The molecule has 0 bridgehead atoms. The second kappa shape index (κ2) is 6.74. The first-order valence-electron chi connectivity index (χ1n) is 6.37. The number of esters is 1. The van der Waals surface area contributed by atoms with Crippen molar-refractivity contribution in [3.8, 4) is 11.3 Å². The molecule has 2 rings (SSSR count). The zero-order chi connectivity index (χ0) is 16.2. The number of ether oxygens (including phenoxy) is 1. The van der Waals surface area contributed by atoms with Crippen LogP contribution in [0.3, 0.4) is 0 Å². The van der Waals surface area contributed by atoms with Crippen LogP contribution in [0.5, 0.6) is 0 Å². The van der Waals surface area contributed by atoms with Crippen molar-refractivity contribution < 1.29 is 22.7 Å². The van der Waals surface area contributed by atoms with Gasteiger partial charge in [-0.1, -0.05) is 6.07 Å². The Hall–Kier alpha value is -2.15. The Labute approximate surface area is 129 Å². The van der Waals surface area contributed by atoms with Crippen molar-refractivity contribution in [2.24, 2.45) is 0 Å². The summed E-state index contributed by atoms with van der Waals surface area (Å²) in [7, 11) is 0. The third-order valence-electron chi connectivity index (χ3n) is 2.70. The predicted octanol–water partition coefficient (Wildman–Crippen LogP) is 4.41. The van der Waals surface area contributed by atoms with Gasteiger partial charge in [-0.25, -0.2) is 9.78 Å². The van der Waals surface area contributed by atoms with Crippen LogP contribution in [0.4, 0.5) is 13.2 Å². The molecule has 22 heavy (non-hydrogen) atoms. The highest BCUT2D eigenvalue weighted by Crippen LogP contribution is 2.32. The number of rotatable bonds is 4. The van der Waals surface area contributed by atoms with E-state index >= 15 is 0 Å². The molecule has 0 fully saturated rings. The van der Waals surface area contributed by atoms with E-state index in [4.69, 9.17) is 4.74 Å². The van der Waals surface area contributed by atoms with Crippen LogP contribution in [-0.4, -0.2) is 17.6 Å². The van der Waals surface area contributed by atoms with Crippen molar-refractivity contribution in [2.75, 3.05) is 6.61 Å². The highest BCUT2D eigenvalue weighted by molar-refractivity contribution is 7.08. The first-order chi connectivity index (χ1) is 10.4. The van der Waals surface area contributed by atoms with Crippen LogP contribution < -0.4 is 0 Å². The van der Waals surface area contributed by atoms with Gasteiger partial charge in [0.15, 0.2) is 0 Å². The number of carbonyl (C=O) groups is 1. The summed E-state index contributed by atoms with van der Waals surface area (Å²) in [5.74, 6) is -0.557. The summed E-state index contributed by atoms with van der Waals surface area (Å²) < 4.78 is 43.2. The molecule has 2 aromatic rings. The molecule has 0 amide bonds. The number of carbonyl (C=O) groups excluding carboxylic acids is 1. The minimum Gasteiger partial charge on any atom is -0.463 e. The fourth-order valence-electron chi connectivity index (χ4n) is 1.74. The summed E-state index contributed by atoms with van der Waals surface area (Å²) in [5.41, 5.74) is 0.192. The van der Waals surface area contributed by atoms with Crippen molar-refractivity contribution >= 4 is 23.4 Å². The van der Waals surface area contributed by atoms with Gasteiger partial charge >= 0.3 is 12.1 Å². The van der Waals surface area contributed by atoms with Crippen molar-refractivity contribution in [3.05, 3.63) is 46.3 Å². The van der Waals surface area contributed by atoms with Crippen LogP contribution in [0.2, 0.25) is 0 Å². The van der Waals surface area contributed by atoms with Gasteiger partial charge in [0.25, 0.3) is 0 Å². The van der Waals surface area contributed by atoms with E-state index in [1.54, 1.807) is 23.8 Å². The third-order valence-corrected chi connectivity index (χ3v) is 3.38. The normalized spacial score (nSPS) is 11.8. The van der Waals surface area contributed by atoms with E-state index in [1.807, 2.05) is 0 Å². The molecule has 116 valence electrons. The summed E-state index contributed by atoms with van der Waals surface area (Å²) >= 11 is 1.35. The molecule has 7 heteroatoms. The zero-order valence-corrected chi connectivity index (χ0v) is 12.4. The SMILES string of the molecule is CCOC(=O)C=Cc1ccc(C(F)(F)F)nc1-c1ccsc1. The lowest BCUT2D eigenvalue weighted by Crippen LogP contribution is -2.09. The van der Waals surface area contributed by atoms with E-state index < -0.39 is 17.8 Å². The summed E-state index contributed by atoms with van der Waals surface area (Å²) in [4.78, 5) is 15.0. The number of pyridine rings is 1. The molecule has 0 saturated heterocycles. The summed E-state index contributed by atoms with van der Waals surface area (Å²) in [6, 6.07) is 3.86. The van der Waals surface area contributed by atoms with Crippen molar-refractivity contribution in [3.63, 3.8) is 0 Å². The fourth-order valence-corrected chi connectivity index (χ4v) is 2.38. The predicted molar refractivity (Wildman–Crippen MR) is 78.2 cm³/mol. The van der Waals surface area contributed by atoms with E-state index in [1.165, 1.54) is 29.6 Å². The Morgan fingerprint density at radius 3 is 2.73 bits per heavy atom. The number of alkyl halides is 3. The van der Waals surface area contributed by atoms with Crippen LogP contribution in [0.25, 0.3) is 17.3 Å². The molecular formula is C15H12F3NO2S. The number of nitrogens with zero attached hydrogens (tertiary/aromatic N) is 1. The van der Waals surface area contributed by atoms with E-state index in [0.717, 1.165) is 6.07 Å². The molecule has 0 saturated carbocycles. The van der Waals surface area contributed by atoms with Crippen LogP contribution in [0.15, 0.2) is 35.0 Å². The van der Waals surface area contributed by atoms with E-state index in [2.05, 4.69) is 4.98 Å². The molecule has 0 aliphatic heterocycles. The van der Waals surface area contributed by atoms with E-state index in [9.17, 15) is 18.0 Å². The quantitative estimate of drug-likeness (QED) is 0.617. The number of aromatic nitrogens is 1. The van der Waals surface area contributed by atoms with Crippen LogP contribution in [0, 0.1) is 0 Å². The molecule has 0 aliphatic carbocycles. The second-order valence-electron chi connectivity index (χ2n) is 4.23. The monoisotopic (exact) mass is 327 g/mol. The fraction of sp³-hybridized carbons (Fsp3) is 0.200. The number of halogens is 3. The topological polar surface area (TPSA) is 39.2 Å². The highest BCUT2D eigenvalue weighted by Gasteiger charge is 2.33. The maximum Gasteiger partial charge on any atom is 0.433 e. The molecule has 0 unspecified atom stereocenters. The van der Waals surface area contributed by atoms with Crippen LogP contribution in [-0.2, 0) is 15.7 Å². The first-order valence-corrected chi connectivity index (χ1v) is 7.31. The lowest BCUT2D eigenvalue weighted by atomic mass is 10.1. The lowest BCUT2D eigenvalue weighted by molar-refractivity contribution is -0.141. The Bertz CT molecular complexity index is 679. The van der Waals surface area contributed by atoms with Crippen LogP contribution >= 0.6 is 11.3 Å². The zero-order valence-electron chi connectivity index (χ0n) is 11.6. The highest BCUT2D eigenvalue weighted by atomic mass is 32.1. The summed E-state index contributed by atoms with van der Waals surface area (Å²) in [5, 5.41) is 3.44. The van der Waals surface area contributed by atoms with Crippen molar-refractivity contribution in [2.45, 2.75) is 13.1 Å². The van der Waals surface area contributed by atoms with Gasteiger partial charge in [0, 0.05) is 22.6 Å². The van der Waals surface area contributed by atoms with Gasteiger partial charge in [-0.15, -0.1) is 0 Å². The van der Waals surface area contributed by atoms with Crippen LogP contribution in [0.1, 0.15) is 18.2 Å². The Morgan fingerprint density at radius 2 is 2.14 bits per heavy atom. The van der Waals surface area contributed by atoms with Gasteiger partial charge in [0.05, 0.1) is 12.3 Å². The summed E-state index contributed by atoms with van der Waals surface area (Å²) in [6.45, 7) is 1.90. The maximum absolute atomic E-state index is 12.8. The largest absolute Gasteiger partial charge is 0.463 e.